The molecule has 24 heavy (non-hydrogen) atoms. The summed E-state index contributed by atoms with van der Waals surface area (Å²) < 4.78 is 0. The summed E-state index contributed by atoms with van der Waals surface area (Å²) >= 11 is 0. The number of carbonyl (C=O) groups excluding carboxylic acids is 1. The highest BCUT2D eigenvalue weighted by Crippen LogP contribution is 2.24. The number of rotatable bonds is 3. The minimum atomic E-state index is -0.465. The van der Waals surface area contributed by atoms with Crippen molar-refractivity contribution in [1.29, 1.82) is 0 Å². The zero-order chi connectivity index (χ0) is 17.1. The highest BCUT2D eigenvalue weighted by Gasteiger charge is 2.11. The maximum absolute atomic E-state index is 12.2. The molecule has 0 spiro atoms. The third-order valence-corrected chi connectivity index (χ3v) is 3.71. The molecule has 6 heteroatoms. The molecule has 0 aliphatic carbocycles. The number of fused-ring (bicyclic) bond motifs is 1. The van der Waals surface area contributed by atoms with Gasteiger partial charge in [0.25, 0.3) is 5.69 Å². The number of anilines is 2. The fraction of sp³-hybridized carbons (Fsp3) is 0.0556. The van der Waals surface area contributed by atoms with Crippen molar-refractivity contribution in [2.24, 2.45) is 0 Å². The number of nitro benzene ring substituents is 1. The third kappa shape index (κ3) is 3.17. The number of hydrogen-bond acceptors (Lipinski definition) is 3. The Labute approximate surface area is 138 Å². The van der Waals surface area contributed by atoms with Crippen LogP contribution in [0.3, 0.4) is 0 Å². The first-order valence-electron chi connectivity index (χ1n) is 7.35. The van der Waals surface area contributed by atoms with Gasteiger partial charge in [-0.15, -0.1) is 0 Å². The van der Waals surface area contributed by atoms with Crippen LogP contribution in [-0.4, -0.2) is 11.0 Å². The van der Waals surface area contributed by atoms with E-state index in [1.54, 1.807) is 6.92 Å². The van der Waals surface area contributed by atoms with Gasteiger partial charge in [-0.05, 0) is 30.0 Å². The summed E-state index contributed by atoms with van der Waals surface area (Å²) in [4.78, 5) is 22.5. The lowest BCUT2D eigenvalue weighted by molar-refractivity contribution is -0.384. The summed E-state index contributed by atoms with van der Waals surface area (Å²) in [6.45, 7) is 1.71. The van der Waals surface area contributed by atoms with Crippen molar-refractivity contribution < 1.29 is 9.72 Å². The number of urea groups is 1. The number of nitrogens with zero attached hydrogens (tertiary/aromatic N) is 1. The van der Waals surface area contributed by atoms with Gasteiger partial charge in [0.05, 0.1) is 10.6 Å². The van der Waals surface area contributed by atoms with E-state index in [2.05, 4.69) is 10.6 Å². The van der Waals surface area contributed by atoms with Crippen LogP contribution in [0.15, 0.2) is 60.7 Å². The summed E-state index contributed by atoms with van der Waals surface area (Å²) in [6.07, 6.45) is 0. The molecule has 3 aromatic carbocycles. The topological polar surface area (TPSA) is 84.3 Å². The molecule has 0 aliphatic rings. The molecule has 6 nitrogen and oxygen atoms in total. The Balaban J connectivity index is 1.79. The average Bonchev–Trinajstić information content (AvgIpc) is 2.57. The summed E-state index contributed by atoms with van der Waals surface area (Å²) in [5, 5.41) is 18.3. The number of carbonyl (C=O) groups is 1. The lowest BCUT2D eigenvalue weighted by Gasteiger charge is -2.11. The zero-order valence-electron chi connectivity index (χ0n) is 12.9. The van der Waals surface area contributed by atoms with E-state index in [0.717, 1.165) is 10.8 Å². The Morgan fingerprint density at radius 2 is 1.67 bits per heavy atom. The van der Waals surface area contributed by atoms with Gasteiger partial charge in [-0.3, -0.25) is 10.1 Å². The van der Waals surface area contributed by atoms with E-state index in [-0.39, 0.29) is 5.69 Å². The summed E-state index contributed by atoms with van der Waals surface area (Å²) in [5.41, 5.74) is 1.84. The van der Waals surface area contributed by atoms with Crippen molar-refractivity contribution in [2.45, 2.75) is 6.92 Å². The van der Waals surface area contributed by atoms with E-state index in [1.165, 1.54) is 18.2 Å². The zero-order valence-corrected chi connectivity index (χ0v) is 12.9. The van der Waals surface area contributed by atoms with E-state index < -0.39 is 11.0 Å². The molecule has 0 fully saturated rings. The highest BCUT2D eigenvalue weighted by molar-refractivity contribution is 6.06. The number of aryl methyl sites for hydroxylation is 1. The second kappa shape index (κ2) is 6.37. The summed E-state index contributed by atoms with van der Waals surface area (Å²) in [7, 11) is 0. The van der Waals surface area contributed by atoms with Crippen LogP contribution in [0.5, 0.6) is 0 Å². The van der Waals surface area contributed by atoms with Gasteiger partial charge in [0.1, 0.15) is 0 Å². The molecule has 0 heterocycles. The standard InChI is InChI=1S/C18H15N3O3/c1-12-11-14(21(23)24)9-10-16(12)19-18(22)20-17-8-4-6-13-5-2-3-7-15(13)17/h2-11H,1H3,(H2,19,20,22). The number of nitrogens with one attached hydrogen (secondary N) is 2. The largest absolute Gasteiger partial charge is 0.323 e. The lowest BCUT2D eigenvalue weighted by Crippen LogP contribution is -2.20. The first-order valence-corrected chi connectivity index (χ1v) is 7.35. The van der Waals surface area contributed by atoms with E-state index in [1.807, 2.05) is 42.5 Å². The molecule has 0 aliphatic heterocycles. The smallest absolute Gasteiger partial charge is 0.307 e. The average molecular weight is 321 g/mol. The van der Waals surface area contributed by atoms with Gasteiger partial charge < -0.3 is 10.6 Å². The van der Waals surface area contributed by atoms with Crippen molar-refractivity contribution in [1.82, 2.24) is 0 Å². The minimum Gasteiger partial charge on any atom is -0.307 e. The molecule has 3 aromatic rings. The molecule has 0 bridgehead atoms. The molecule has 0 saturated carbocycles. The van der Waals surface area contributed by atoms with Crippen LogP contribution in [0, 0.1) is 17.0 Å². The fourth-order valence-electron chi connectivity index (χ4n) is 2.51. The lowest BCUT2D eigenvalue weighted by atomic mass is 10.1. The van der Waals surface area contributed by atoms with Crippen molar-refractivity contribution in [3.8, 4) is 0 Å². The Morgan fingerprint density at radius 3 is 2.42 bits per heavy atom. The number of hydrogen-bond donors (Lipinski definition) is 2. The van der Waals surface area contributed by atoms with Crippen LogP contribution >= 0.6 is 0 Å². The van der Waals surface area contributed by atoms with Crippen LogP contribution in [0.1, 0.15) is 5.56 Å². The van der Waals surface area contributed by atoms with Crippen LogP contribution in [-0.2, 0) is 0 Å². The van der Waals surface area contributed by atoms with Gasteiger partial charge in [-0.25, -0.2) is 4.79 Å². The maximum atomic E-state index is 12.2. The molecule has 2 amide bonds. The van der Waals surface area contributed by atoms with Crippen LogP contribution < -0.4 is 10.6 Å². The van der Waals surface area contributed by atoms with Crippen molar-refractivity contribution in [3.63, 3.8) is 0 Å². The molecule has 2 N–H and O–H groups in total. The number of non-ortho nitro benzene ring substituents is 1. The summed E-state index contributed by atoms with van der Waals surface area (Å²) in [6, 6.07) is 17.3. The van der Waals surface area contributed by atoms with Gasteiger partial charge in [-0.2, -0.15) is 0 Å². The quantitative estimate of drug-likeness (QED) is 0.541. The molecule has 0 atom stereocenters. The monoisotopic (exact) mass is 321 g/mol. The third-order valence-electron chi connectivity index (χ3n) is 3.71. The highest BCUT2D eigenvalue weighted by atomic mass is 16.6. The first kappa shape index (κ1) is 15.5. The molecular weight excluding hydrogens is 306 g/mol. The molecule has 0 aromatic heterocycles. The predicted molar refractivity (Wildman–Crippen MR) is 94.4 cm³/mol. The Morgan fingerprint density at radius 1 is 0.958 bits per heavy atom. The normalized spacial score (nSPS) is 10.4. The van der Waals surface area contributed by atoms with Crippen molar-refractivity contribution in [2.75, 3.05) is 10.6 Å². The van der Waals surface area contributed by atoms with Crippen LogP contribution in [0.4, 0.5) is 21.9 Å². The Kier molecular flexibility index (Phi) is 4.11. The van der Waals surface area contributed by atoms with Gasteiger partial charge in [0.2, 0.25) is 0 Å². The summed E-state index contributed by atoms with van der Waals surface area (Å²) in [5.74, 6) is 0. The van der Waals surface area contributed by atoms with Crippen LogP contribution in [0.2, 0.25) is 0 Å². The second-order valence-corrected chi connectivity index (χ2v) is 5.36. The van der Waals surface area contributed by atoms with Gasteiger partial charge >= 0.3 is 6.03 Å². The van der Waals surface area contributed by atoms with E-state index in [4.69, 9.17) is 0 Å². The van der Waals surface area contributed by atoms with Crippen molar-refractivity contribution in [3.05, 3.63) is 76.3 Å². The van der Waals surface area contributed by atoms with E-state index >= 15 is 0 Å². The molecule has 0 unspecified atom stereocenters. The van der Waals surface area contributed by atoms with Crippen molar-refractivity contribution >= 4 is 33.9 Å². The van der Waals surface area contributed by atoms with Crippen LogP contribution in [0.25, 0.3) is 10.8 Å². The van der Waals surface area contributed by atoms with Gasteiger partial charge in [-0.1, -0.05) is 36.4 Å². The first-order chi connectivity index (χ1) is 11.5. The molecule has 0 saturated heterocycles. The Bertz CT molecular complexity index is 932. The number of nitro groups is 1. The fourth-order valence-corrected chi connectivity index (χ4v) is 2.51. The Hall–Kier alpha value is -3.41. The minimum absolute atomic E-state index is 0.00693. The van der Waals surface area contributed by atoms with Gasteiger partial charge in [0, 0.05) is 23.2 Å². The van der Waals surface area contributed by atoms with Gasteiger partial charge in [0.15, 0.2) is 0 Å². The molecule has 0 radical (unpaired) electrons. The predicted octanol–water partition coefficient (Wildman–Crippen LogP) is 4.70. The second-order valence-electron chi connectivity index (χ2n) is 5.36. The molecular formula is C18H15N3O3. The SMILES string of the molecule is Cc1cc([N+](=O)[O-])ccc1NC(=O)Nc1cccc2ccccc12. The molecule has 120 valence electrons. The van der Waals surface area contributed by atoms with E-state index in [9.17, 15) is 14.9 Å². The van der Waals surface area contributed by atoms with E-state index in [0.29, 0.717) is 16.9 Å². The molecule has 3 rings (SSSR count). The maximum Gasteiger partial charge on any atom is 0.323 e. The number of amides is 2. The number of benzene rings is 3.